The van der Waals surface area contributed by atoms with E-state index in [1.165, 1.54) is 6.42 Å². The molecule has 5 heteroatoms. The van der Waals surface area contributed by atoms with Crippen LogP contribution in [0.5, 0.6) is 0 Å². The quantitative estimate of drug-likeness (QED) is 0.834. The Morgan fingerprint density at radius 3 is 2.53 bits per heavy atom. The van der Waals surface area contributed by atoms with E-state index < -0.39 is 14.6 Å². The first-order valence-electron chi connectivity index (χ1n) is 6.06. The number of nitrogens with zero attached hydrogens (tertiary/aromatic N) is 2. The van der Waals surface area contributed by atoms with Crippen LogP contribution in [0.25, 0.3) is 0 Å². The van der Waals surface area contributed by atoms with Gasteiger partial charge in [-0.1, -0.05) is 0 Å². The van der Waals surface area contributed by atoms with Crippen LogP contribution in [-0.2, 0) is 15.6 Å². The van der Waals surface area contributed by atoms with Gasteiger partial charge in [0.05, 0.1) is 22.2 Å². The molecule has 2 rings (SSSR count). The van der Waals surface area contributed by atoms with Crippen LogP contribution in [0.2, 0.25) is 0 Å². The van der Waals surface area contributed by atoms with Crippen molar-refractivity contribution in [2.24, 2.45) is 0 Å². The largest absolute Gasteiger partial charge is 0.269 e. The monoisotopic (exact) mass is 256 g/mol. The molecule has 0 aromatic carbocycles. The second-order valence-electron chi connectivity index (χ2n) is 5.74. The molecule has 1 saturated carbocycles. The van der Waals surface area contributed by atoms with Gasteiger partial charge in [-0.25, -0.2) is 8.42 Å². The van der Waals surface area contributed by atoms with Crippen molar-refractivity contribution in [3.63, 3.8) is 0 Å². The van der Waals surface area contributed by atoms with Gasteiger partial charge in [0.1, 0.15) is 0 Å². The molecular weight excluding hydrogens is 236 g/mol. The van der Waals surface area contributed by atoms with Crippen LogP contribution in [0, 0.1) is 0 Å². The number of sulfone groups is 1. The van der Waals surface area contributed by atoms with E-state index in [-0.39, 0.29) is 5.75 Å². The van der Waals surface area contributed by atoms with Crippen molar-refractivity contribution in [2.75, 3.05) is 0 Å². The summed E-state index contributed by atoms with van der Waals surface area (Å²) in [6.07, 6.45) is 5.47. The SMILES string of the molecule is CC(C)(C)S(=O)(=O)Cc1ccn(C2CCC2)n1. The minimum absolute atomic E-state index is 0.0379. The average Bonchev–Trinajstić information content (AvgIpc) is 2.46. The minimum Gasteiger partial charge on any atom is -0.269 e. The fraction of sp³-hybridized carbons (Fsp3) is 0.750. The summed E-state index contributed by atoms with van der Waals surface area (Å²) in [5.41, 5.74) is 0.659. The minimum atomic E-state index is -3.13. The summed E-state index contributed by atoms with van der Waals surface area (Å²) in [6.45, 7) is 5.18. The predicted octanol–water partition coefficient (Wildman–Crippen LogP) is 2.32. The van der Waals surface area contributed by atoms with Gasteiger partial charge in [-0.05, 0) is 46.1 Å². The van der Waals surface area contributed by atoms with Gasteiger partial charge in [-0.3, -0.25) is 4.68 Å². The Kier molecular flexibility index (Phi) is 3.06. The molecule has 17 heavy (non-hydrogen) atoms. The van der Waals surface area contributed by atoms with Crippen LogP contribution in [0.1, 0.15) is 51.8 Å². The molecule has 1 fully saturated rings. The van der Waals surface area contributed by atoms with E-state index in [2.05, 4.69) is 5.10 Å². The van der Waals surface area contributed by atoms with Gasteiger partial charge in [-0.2, -0.15) is 5.10 Å². The zero-order chi connectivity index (χ0) is 12.7. The number of rotatable bonds is 3. The predicted molar refractivity (Wildman–Crippen MR) is 67.5 cm³/mol. The van der Waals surface area contributed by atoms with Gasteiger partial charge in [0.2, 0.25) is 0 Å². The van der Waals surface area contributed by atoms with Crippen molar-refractivity contribution < 1.29 is 8.42 Å². The van der Waals surface area contributed by atoms with Gasteiger partial charge in [-0.15, -0.1) is 0 Å². The highest BCUT2D eigenvalue weighted by Gasteiger charge is 2.30. The molecule has 0 bridgehead atoms. The third kappa shape index (κ3) is 2.54. The van der Waals surface area contributed by atoms with E-state index in [1.807, 2.05) is 16.9 Å². The summed E-state index contributed by atoms with van der Waals surface area (Å²) in [5, 5.41) is 4.37. The third-order valence-corrected chi connectivity index (χ3v) is 5.93. The van der Waals surface area contributed by atoms with Gasteiger partial charge in [0.25, 0.3) is 0 Å². The van der Waals surface area contributed by atoms with Gasteiger partial charge < -0.3 is 0 Å². The Labute approximate surface area is 103 Å². The molecule has 96 valence electrons. The highest BCUT2D eigenvalue weighted by molar-refractivity contribution is 7.91. The molecule has 1 aromatic heterocycles. The zero-order valence-corrected chi connectivity index (χ0v) is 11.5. The van der Waals surface area contributed by atoms with Crippen molar-refractivity contribution in [2.45, 2.75) is 56.6 Å². The Morgan fingerprint density at radius 1 is 1.41 bits per heavy atom. The van der Waals surface area contributed by atoms with E-state index in [4.69, 9.17) is 0 Å². The molecule has 4 nitrogen and oxygen atoms in total. The lowest BCUT2D eigenvalue weighted by atomic mass is 9.93. The summed E-state index contributed by atoms with van der Waals surface area (Å²) in [4.78, 5) is 0. The maximum Gasteiger partial charge on any atom is 0.160 e. The summed E-state index contributed by atoms with van der Waals surface area (Å²) >= 11 is 0. The summed E-state index contributed by atoms with van der Waals surface area (Å²) in [6, 6.07) is 2.31. The van der Waals surface area contributed by atoms with Crippen molar-refractivity contribution in [3.05, 3.63) is 18.0 Å². The van der Waals surface area contributed by atoms with E-state index in [0.717, 1.165) is 12.8 Å². The fourth-order valence-corrected chi connectivity index (χ4v) is 2.70. The van der Waals surface area contributed by atoms with Crippen LogP contribution in [0.4, 0.5) is 0 Å². The molecule has 1 aliphatic rings. The summed E-state index contributed by atoms with van der Waals surface area (Å²) in [7, 11) is -3.13. The summed E-state index contributed by atoms with van der Waals surface area (Å²) < 4.78 is 25.3. The van der Waals surface area contributed by atoms with Crippen LogP contribution in [-0.4, -0.2) is 22.9 Å². The normalized spacial score (nSPS) is 18.1. The maximum atomic E-state index is 12.0. The molecule has 1 aromatic rings. The molecule has 0 radical (unpaired) electrons. The molecule has 0 saturated heterocycles. The van der Waals surface area contributed by atoms with Crippen molar-refractivity contribution in [3.8, 4) is 0 Å². The molecular formula is C12H20N2O2S. The van der Waals surface area contributed by atoms with Crippen LogP contribution in [0.15, 0.2) is 12.3 Å². The Hall–Kier alpha value is -0.840. The van der Waals surface area contributed by atoms with Gasteiger partial charge >= 0.3 is 0 Å². The highest BCUT2D eigenvalue weighted by atomic mass is 32.2. The van der Waals surface area contributed by atoms with E-state index >= 15 is 0 Å². The molecule has 0 N–H and O–H groups in total. The van der Waals surface area contributed by atoms with E-state index in [9.17, 15) is 8.42 Å². The van der Waals surface area contributed by atoms with E-state index in [0.29, 0.717) is 11.7 Å². The van der Waals surface area contributed by atoms with Crippen molar-refractivity contribution in [1.29, 1.82) is 0 Å². The number of hydrogen-bond acceptors (Lipinski definition) is 3. The van der Waals surface area contributed by atoms with Gasteiger partial charge in [0.15, 0.2) is 9.84 Å². The first-order valence-corrected chi connectivity index (χ1v) is 7.71. The number of aromatic nitrogens is 2. The first kappa shape index (κ1) is 12.6. The highest BCUT2D eigenvalue weighted by Crippen LogP contribution is 2.31. The first-order chi connectivity index (χ1) is 7.79. The van der Waals surface area contributed by atoms with Crippen molar-refractivity contribution in [1.82, 2.24) is 9.78 Å². The van der Waals surface area contributed by atoms with Crippen molar-refractivity contribution >= 4 is 9.84 Å². The lowest BCUT2D eigenvalue weighted by Crippen LogP contribution is -2.29. The molecule has 0 atom stereocenters. The molecule has 1 aliphatic carbocycles. The Balaban J connectivity index is 2.11. The van der Waals surface area contributed by atoms with Gasteiger partial charge in [0, 0.05) is 6.20 Å². The Bertz CT molecular complexity index is 493. The lowest BCUT2D eigenvalue weighted by Gasteiger charge is -2.25. The maximum absolute atomic E-state index is 12.0. The molecule has 0 aliphatic heterocycles. The average molecular weight is 256 g/mol. The number of hydrogen-bond donors (Lipinski definition) is 0. The van der Waals surface area contributed by atoms with Crippen LogP contribution in [0.3, 0.4) is 0 Å². The second kappa shape index (κ2) is 4.12. The Morgan fingerprint density at radius 2 is 2.06 bits per heavy atom. The topological polar surface area (TPSA) is 52.0 Å². The molecule has 0 spiro atoms. The van der Waals surface area contributed by atoms with Crippen LogP contribution >= 0.6 is 0 Å². The molecule has 1 heterocycles. The standard InChI is InChI=1S/C12H20N2O2S/c1-12(2,3)17(15,16)9-10-7-8-14(13-10)11-5-4-6-11/h7-8,11H,4-6,9H2,1-3H3. The van der Waals surface area contributed by atoms with E-state index in [1.54, 1.807) is 20.8 Å². The summed E-state index contributed by atoms with van der Waals surface area (Å²) in [5.74, 6) is 0.0379. The zero-order valence-electron chi connectivity index (χ0n) is 10.7. The molecule has 0 unspecified atom stereocenters. The third-order valence-electron chi connectivity index (χ3n) is 3.38. The second-order valence-corrected chi connectivity index (χ2v) is 8.49. The smallest absolute Gasteiger partial charge is 0.160 e. The van der Waals surface area contributed by atoms with Crippen LogP contribution < -0.4 is 0 Å². The fourth-order valence-electron chi connectivity index (χ4n) is 1.72. The lowest BCUT2D eigenvalue weighted by molar-refractivity contribution is 0.288. The molecule has 0 amide bonds.